The summed E-state index contributed by atoms with van der Waals surface area (Å²) in [4.78, 5) is 9.48. The van der Waals surface area contributed by atoms with Gasteiger partial charge >= 0.3 is 0 Å². The predicted molar refractivity (Wildman–Crippen MR) is 95.2 cm³/mol. The molecule has 0 radical (unpaired) electrons. The summed E-state index contributed by atoms with van der Waals surface area (Å²) < 4.78 is 16.7. The van der Waals surface area contributed by atoms with Crippen molar-refractivity contribution in [2.24, 2.45) is 4.99 Å². The second kappa shape index (κ2) is 4.76. The lowest BCUT2D eigenvalue weighted by Gasteiger charge is -2.44. The highest BCUT2D eigenvalue weighted by Crippen LogP contribution is 2.44. The molecule has 4 heteroatoms. The van der Waals surface area contributed by atoms with Gasteiger partial charge in [0.25, 0.3) is 0 Å². The van der Waals surface area contributed by atoms with E-state index in [4.69, 9.17) is 4.99 Å². The fraction of sp³-hybridized carbons (Fsp3) is 0.300. The molecule has 1 aromatic heterocycles. The fourth-order valence-electron chi connectivity index (χ4n) is 3.43. The Bertz CT molecular complexity index is 979. The van der Waals surface area contributed by atoms with Gasteiger partial charge in [-0.3, -0.25) is 9.56 Å². The zero-order valence-electron chi connectivity index (χ0n) is 14.3. The molecular weight excluding hydrogens is 301 g/mol. The Kier molecular flexibility index (Phi) is 2.99. The minimum atomic E-state index is -0.442. The minimum absolute atomic E-state index is 0.178. The average molecular weight is 321 g/mol. The Morgan fingerprint density at radius 3 is 2.50 bits per heavy atom. The van der Waals surface area contributed by atoms with E-state index in [2.05, 4.69) is 32.7 Å². The molecule has 0 saturated heterocycles. The van der Waals surface area contributed by atoms with E-state index >= 15 is 0 Å². The van der Waals surface area contributed by atoms with Gasteiger partial charge in [0, 0.05) is 16.5 Å². The van der Waals surface area contributed by atoms with Crippen LogP contribution in [0.4, 0.5) is 4.39 Å². The molecule has 0 spiro atoms. The molecule has 0 aliphatic carbocycles. The highest BCUT2D eigenvalue weighted by atomic mass is 19.1. The molecule has 0 bridgehead atoms. The quantitative estimate of drug-likeness (QED) is 0.598. The Hall–Kier alpha value is -2.49. The number of aliphatic imine (C=N–C) groups is 1. The van der Waals surface area contributed by atoms with Gasteiger partial charge in [0.2, 0.25) is 0 Å². The maximum atomic E-state index is 14.8. The van der Waals surface area contributed by atoms with E-state index in [9.17, 15) is 4.39 Å². The summed E-state index contributed by atoms with van der Waals surface area (Å²) in [6, 6.07) is 13.1. The molecule has 0 fully saturated rings. The number of hydrogen-bond acceptors (Lipinski definition) is 2. The summed E-state index contributed by atoms with van der Waals surface area (Å²) in [5, 5.41) is 0. The van der Waals surface area contributed by atoms with Gasteiger partial charge in [-0.15, -0.1) is 0 Å². The topological polar surface area (TPSA) is 30.2 Å². The van der Waals surface area contributed by atoms with E-state index < -0.39 is 11.0 Å². The van der Waals surface area contributed by atoms with Gasteiger partial charge < -0.3 is 0 Å². The zero-order valence-corrected chi connectivity index (χ0v) is 14.3. The van der Waals surface area contributed by atoms with Crippen LogP contribution in [-0.4, -0.2) is 20.9 Å². The van der Waals surface area contributed by atoms with E-state index in [-0.39, 0.29) is 5.82 Å². The Balaban J connectivity index is 2.07. The number of nitrogens with zero attached hydrogens (tertiary/aromatic N) is 3. The van der Waals surface area contributed by atoms with Crippen molar-refractivity contribution in [3.8, 4) is 0 Å². The SMILES string of the molecule is CC1(C)N=C(n2cnc3ccccc32)c2cccc(F)c2C1(C)C. The van der Waals surface area contributed by atoms with Crippen LogP contribution in [-0.2, 0) is 5.41 Å². The van der Waals surface area contributed by atoms with Crippen LogP contribution < -0.4 is 0 Å². The van der Waals surface area contributed by atoms with E-state index in [1.807, 2.05) is 34.9 Å². The molecule has 0 N–H and O–H groups in total. The van der Waals surface area contributed by atoms with Gasteiger partial charge in [-0.05, 0) is 32.0 Å². The standard InChI is InChI=1S/C20H20FN3/c1-19(2)17-13(8-7-9-14(17)21)18(23-20(19,3)4)24-12-22-15-10-5-6-11-16(15)24/h5-12H,1-4H3. The number of fused-ring (bicyclic) bond motifs is 2. The van der Waals surface area contributed by atoms with Crippen molar-refractivity contribution >= 4 is 16.9 Å². The molecular formula is C20H20FN3. The van der Waals surface area contributed by atoms with Gasteiger partial charge in [0.15, 0.2) is 0 Å². The first kappa shape index (κ1) is 15.1. The van der Waals surface area contributed by atoms with Crippen molar-refractivity contribution < 1.29 is 4.39 Å². The highest BCUT2D eigenvalue weighted by molar-refractivity contribution is 6.07. The third-order valence-electron chi connectivity index (χ3n) is 5.48. The fourth-order valence-corrected chi connectivity index (χ4v) is 3.43. The second-order valence-electron chi connectivity index (χ2n) is 7.39. The van der Waals surface area contributed by atoms with Crippen LogP contribution in [0, 0.1) is 5.82 Å². The van der Waals surface area contributed by atoms with Gasteiger partial charge in [-0.2, -0.15) is 0 Å². The molecule has 1 aliphatic rings. The summed E-state index contributed by atoms with van der Waals surface area (Å²) in [6.45, 7) is 8.23. The number of hydrogen-bond donors (Lipinski definition) is 0. The molecule has 122 valence electrons. The Morgan fingerprint density at radius 1 is 0.958 bits per heavy atom. The second-order valence-corrected chi connectivity index (χ2v) is 7.39. The molecule has 0 atom stereocenters. The monoisotopic (exact) mass is 321 g/mol. The van der Waals surface area contributed by atoms with Crippen molar-refractivity contribution in [2.45, 2.75) is 38.6 Å². The number of aromatic nitrogens is 2. The van der Waals surface area contributed by atoms with E-state index in [1.54, 1.807) is 12.4 Å². The van der Waals surface area contributed by atoms with Crippen molar-refractivity contribution in [3.05, 3.63) is 65.7 Å². The first-order valence-corrected chi connectivity index (χ1v) is 8.14. The van der Waals surface area contributed by atoms with Crippen molar-refractivity contribution in [1.82, 2.24) is 9.55 Å². The smallest absolute Gasteiger partial charge is 0.141 e. The van der Waals surface area contributed by atoms with Gasteiger partial charge in [-0.25, -0.2) is 9.37 Å². The van der Waals surface area contributed by atoms with Crippen LogP contribution in [0.15, 0.2) is 53.8 Å². The number of para-hydroxylation sites is 2. The molecule has 24 heavy (non-hydrogen) atoms. The number of rotatable bonds is 0. The summed E-state index contributed by atoms with van der Waals surface area (Å²) in [5.41, 5.74) is 2.58. The normalized spacial score (nSPS) is 18.3. The first-order valence-electron chi connectivity index (χ1n) is 8.14. The molecule has 2 aromatic carbocycles. The zero-order chi connectivity index (χ0) is 17.1. The van der Waals surface area contributed by atoms with Crippen LogP contribution in [0.5, 0.6) is 0 Å². The average Bonchev–Trinajstić information content (AvgIpc) is 2.95. The number of imidazole rings is 1. The molecule has 0 unspecified atom stereocenters. The third-order valence-corrected chi connectivity index (χ3v) is 5.48. The Labute approximate surface area is 140 Å². The molecule has 0 saturated carbocycles. The molecule has 0 amide bonds. The lowest BCUT2D eigenvalue weighted by atomic mass is 9.66. The molecule has 3 aromatic rings. The number of halogens is 1. The minimum Gasteiger partial charge on any atom is -0.283 e. The maximum absolute atomic E-state index is 14.8. The van der Waals surface area contributed by atoms with E-state index in [1.165, 1.54) is 6.07 Å². The van der Waals surface area contributed by atoms with Crippen LogP contribution in [0.2, 0.25) is 0 Å². The van der Waals surface area contributed by atoms with Crippen LogP contribution in [0.1, 0.15) is 38.8 Å². The van der Waals surface area contributed by atoms with Gasteiger partial charge in [0.1, 0.15) is 18.0 Å². The summed E-state index contributed by atoms with van der Waals surface area (Å²) >= 11 is 0. The molecule has 2 heterocycles. The number of benzene rings is 2. The first-order chi connectivity index (χ1) is 11.3. The predicted octanol–water partition coefficient (Wildman–Crippen LogP) is 4.54. The van der Waals surface area contributed by atoms with Crippen LogP contribution in [0.3, 0.4) is 0 Å². The molecule has 1 aliphatic heterocycles. The maximum Gasteiger partial charge on any atom is 0.141 e. The van der Waals surface area contributed by atoms with Crippen molar-refractivity contribution in [2.75, 3.05) is 0 Å². The summed E-state index contributed by atoms with van der Waals surface area (Å²) in [7, 11) is 0. The lowest BCUT2D eigenvalue weighted by molar-refractivity contribution is 0.292. The lowest BCUT2D eigenvalue weighted by Crippen LogP contribution is -2.47. The van der Waals surface area contributed by atoms with Gasteiger partial charge in [0.05, 0.1) is 16.6 Å². The van der Waals surface area contributed by atoms with Crippen LogP contribution in [0.25, 0.3) is 11.0 Å². The van der Waals surface area contributed by atoms with Gasteiger partial charge in [-0.1, -0.05) is 38.1 Å². The van der Waals surface area contributed by atoms with E-state index in [0.717, 1.165) is 28.0 Å². The highest BCUT2D eigenvalue weighted by Gasteiger charge is 2.45. The van der Waals surface area contributed by atoms with Crippen LogP contribution >= 0.6 is 0 Å². The Morgan fingerprint density at radius 2 is 1.71 bits per heavy atom. The van der Waals surface area contributed by atoms with E-state index in [0.29, 0.717) is 0 Å². The van der Waals surface area contributed by atoms with Crippen molar-refractivity contribution in [3.63, 3.8) is 0 Å². The summed E-state index contributed by atoms with van der Waals surface area (Å²) in [6.07, 6.45) is 1.77. The summed E-state index contributed by atoms with van der Waals surface area (Å²) in [5.74, 6) is 0.574. The molecule has 3 nitrogen and oxygen atoms in total. The van der Waals surface area contributed by atoms with Crippen molar-refractivity contribution in [1.29, 1.82) is 0 Å². The largest absolute Gasteiger partial charge is 0.283 e. The molecule has 4 rings (SSSR count). The third kappa shape index (κ3) is 1.89.